The molecule has 8 rings (SSSR count). The summed E-state index contributed by atoms with van der Waals surface area (Å²) in [5, 5.41) is 7.74. The summed E-state index contributed by atoms with van der Waals surface area (Å²) in [7, 11) is 0. The van der Waals surface area contributed by atoms with E-state index in [1.165, 1.54) is 132 Å². The van der Waals surface area contributed by atoms with Crippen LogP contribution in [0.25, 0.3) is 21.5 Å². The monoisotopic (exact) mass is 1110 g/mol. The molecular formula is C80H114S. The Bertz CT molecular complexity index is 3300. The Kier molecular flexibility index (Phi) is 23.7. The van der Waals surface area contributed by atoms with Crippen LogP contribution in [0.4, 0.5) is 0 Å². The second-order valence-electron chi connectivity index (χ2n) is 29.9. The molecule has 0 saturated heterocycles. The lowest BCUT2D eigenvalue weighted by atomic mass is 9.79. The summed E-state index contributed by atoms with van der Waals surface area (Å²) in [4.78, 5) is 1.52. The van der Waals surface area contributed by atoms with Crippen LogP contribution in [0.3, 0.4) is 0 Å². The van der Waals surface area contributed by atoms with Gasteiger partial charge in [-0.1, -0.05) is 239 Å². The van der Waals surface area contributed by atoms with Gasteiger partial charge in [-0.25, -0.2) is 0 Å². The van der Waals surface area contributed by atoms with Crippen LogP contribution in [-0.2, 0) is 32.5 Å². The van der Waals surface area contributed by atoms with Gasteiger partial charge in [-0.3, -0.25) is 0 Å². The first kappa shape index (κ1) is 70.0. The summed E-state index contributed by atoms with van der Waals surface area (Å²) in [6, 6.07) is 37.6. The average Bonchev–Trinajstić information content (AvgIpc) is 3.68. The van der Waals surface area contributed by atoms with Gasteiger partial charge in [0.2, 0.25) is 0 Å². The molecule has 0 N–H and O–H groups in total. The van der Waals surface area contributed by atoms with Crippen molar-refractivity contribution in [1.82, 2.24) is 0 Å². The minimum atomic E-state index is 0.204. The fourth-order valence-corrected chi connectivity index (χ4v) is 12.6. The molecule has 7 aromatic carbocycles. The number of aryl methyl sites for hydroxylation is 8. The molecule has 0 amide bonds. The van der Waals surface area contributed by atoms with Gasteiger partial charge in [-0.05, 0) is 251 Å². The standard InChI is InChI=1S/2C16H20.2C13H20.C12H18.C10H16S/c1-11-12(2)15(16(3,4)5)10-13-8-6-7-9-14(11)13;1-11-10-13-8-6-7-9-14(13)15(12(11)2)16(3,4)5;2*1-9-7-10(2)11(3)12(8-9)13(4,5)6;1-9-7-6-8-11(10(9)2)12(3,4)5;1-7-6-11-9(8(7)2)10(3,4)5/h2*6-10H,1-5H3;2*7-8H,1-6H3;6-8H,1-5H3;6H,1-5H3. The first-order valence-electron chi connectivity index (χ1n) is 30.1. The third kappa shape index (κ3) is 19.2. The largest absolute Gasteiger partial charge is 0.148 e. The molecule has 0 saturated carbocycles. The molecule has 0 unspecified atom stereocenters. The summed E-state index contributed by atoms with van der Waals surface area (Å²) < 4.78 is 0. The average molecular weight is 1110 g/mol. The molecule has 0 aliphatic rings. The minimum absolute atomic E-state index is 0.204. The van der Waals surface area contributed by atoms with E-state index < -0.39 is 0 Å². The van der Waals surface area contributed by atoms with Crippen molar-refractivity contribution in [2.75, 3.05) is 0 Å². The molecule has 1 heterocycles. The van der Waals surface area contributed by atoms with E-state index in [9.17, 15) is 0 Å². The van der Waals surface area contributed by atoms with E-state index >= 15 is 0 Å². The summed E-state index contributed by atoms with van der Waals surface area (Å²) in [6.07, 6.45) is 0. The van der Waals surface area contributed by atoms with Crippen LogP contribution in [0.2, 0.25) is 0 Å². The van der Waals surface area contributed by atoms with Gasteiger partial charge in [0.15, 0.2) is 0 Å². The predicted octanol–water partition coefficient (Wildman–Crippen LogP) is 24.6. The molecule has 0 aliphatic heterocycles. The van der Waals surface area contributed by atoms with Crippen molar-refractivity contribution in [3.63, 3.8) is 0 Å². The van der Waals surface area contributed by atoms with Gasteiger partial charge >= 0.3 is 0 Å². The smallest absolute Gasteiger partial charge is 0.0131 e. The summed E-state index contributed by atoms with van der Waals surface area (Å²) in [6.45, 7) is 71.8. The number of thiophene rings is 1. The van der Waals surface area contributed by atoms with Crippen LogP contribution < -0.4 is 0 Å². The number of benzene rings is 7. The van der Waals surface area contributed by atoms with E-state index in [2.05, 4.69) is 330 Å². The van der Waals surface area contributed by atoms with E-state index in [1.807, 2.05) is 11.3 Å². The molecule has 0 fully saturated rings. The zero-order chi connectivity index (χ0) is 62.3. The van der Waals surface area contributed by atoms with Crippen LogP contribution in [-0.4, -0.2) is 0 Å². The highest BCUT2D eigenvalue weighted by atomic mass is 32.1. The Balaban J connectivity index is 0.000000257. The highest BCUT2D eigenvalue weighted by Crippen LogP contribution is 2.37. The molecule has 1 aromatic heterocycles. The normalized spacial score (nSPS) is 12.0. The van der Waals surface area contributed by atoms with Crippen LogP contribution in [0.1, 0.15) is 235 Å². The van der Waals surface area contributed by atoms with E-state index in [0.29, 0.717) is 5.41 Å². The van der Waals surface area contributed by atoms with Crippen molar-refractivity contribution in [3.05, 3.63) is 219 Å². The molecular weight excluding hydrogens is 993 g/mol. The van der Waals surface area contributed by atoms with E-state index in [1.54, 1.807) is 0 Å². The van der Waals surface area contributed by atoms with Crippen LogP contribution in [0.15, 0.2) is 109 Å². The molecule has 8 aromatic rings. The maximum Gasteiger partial charge on any atom is 0.0131 e. The van der Waals surface area contributed by atoms with E-state index in [0.717, 1.165) is 0 Å². The van der Waals surface area contributed by atoms with Crippen LogP contribution in [0, 0.1) is 96.9 Å². The topological polar surface area (TPSA) is 0 Å². The first-order chi connectivity index (χ1) is 36.8. The fourth-order valence-electron chi connectivity index (χ4n) is 11.4. The van der Waals surface area contributed by atoms with Gasteiger partial charge in [0.25, 0.3) is 0 Å². The zero-order valence-electron chi connectivity index (χ0n) is 57.8. The van der Waals surface area contributed by atoms with Crippen molar-refractivity contribution in [2.24, 2.45) is 0 Å². The van der Waals surface area contributed by atoms with E-state index in [-0.39, 0.29) is 27.1 Å². The molecule has 440 valence electrons. The maximum atomic E-state index is 2.34. The van der Waals surface area contributed by atoms with Crippen molar-refractivity contribution in [3.8, 4) is 0 Å². The van der Waals surface area contributed by atoms with Crippen LogP contribution in [0.5, 0.6) is 0 Å². The Hall–Kier alpha value is -5.24. The minimum Gasteiger partial charge on any atom is -0.148 e. The Morgan fingerprint density at radius 3 is 1.01 bits per heavy atom. The fraction of sp³-hybridized carbons (Fsp3) is 0.475. The molecule has 0 radical (unpaired) electrons. The van der Waals surface area contributed by atoms with Gasteiger partial charge in [0, 0.05) is 4.88 Å². The Morgan fingerprint density at radius 2 is 0.642 bits per heavy atom. The van der Waals surface area contributed by atoms with Gasteiger partial charge in [0.05, 0.1) is 0 Å². The maximum absolute atomic E-state index is 2.34. The highest BCUT2D eigenvalue weighted by molar-refractivity contribution is 7.10. The van der Waals surface area contributed by atoms with Gasteiger partial charge in [-0.15, -0.1) is 11.3 Å². The molecule has 0 nitrogen and oxygen atoms in total. The van der Waals surface area contributed by atoms with E-state index in [4.69, 9.17) is 0 Å². The summed E-state index contributed by atoms with van der Waals surface area (Å²) >= 11 is 1.88. The zero-order valence-corrected chi connectivity index (χ0v) is 58.6. The molecule has 81 heavy (non-hydrogen) atoms. The van der Waals surface area contributed by atoms with Gasteiger partial charge in [-0.2, -0.15) is 0 Å². The first-order valence-corrected chi connectivity index (χ1v) is 31.0. The Labute approximate surface area is 503 Å². The molecule has 0 atom stereocenters. The molecule has 0 bridgehead atoms. The molecule has 0 aliphatic carbocycles. The molecule has 0 spiro atoms. The van der Waals surface area contributed by atoms with Crippen molar-refractivity contribution in [2.45, 2.75) is 254 Å². The van der Waals surface area contributed by atoms with Crippen molar-refractivity contribution < 1.29 is 0 Å². The Morgan fingerprint density at radius 1 is 0.259 bits per heavy atom. The van der Waals surface area contributed by atoms with Gasteiger partial charge < -0.3 is 0 Å². The van der Waals surface area contributed by atoms with Crippen LogP contribution >= 0.6 is 11.3 Å². The highest BCUT2D eigenvalue weighted by Gasteiger charge is 2.23. The number of rotatable bonds is 0. The second-order valence-corrected chi connectivity index (χ2v) is 30.8. The lowest BCUT2D eigenvalue weighted by molar-refractivity contribution is 0.584. The summed E-state index contributed by atoms with van der Waals surface area (Å²) in [5.41, 5.74) is 28.8. The lowest BCUT2D eigenvalue weighted by Gasteiger charge is -2.25. The van der Waals surface area contributed by atoms with Crippen molar-refractivity contribution in [1.29, 1.82) is 0 Å². The van der Waals surface area contributed by atoms with Crippen molar-refractivity contribution >= 4 is 32.9 Å². The quantitative estimate of drug-likeness (QED) is 0.142. The third-order valence-electron chi connectivity index (χ3n) is 16.4. The number of hydrogen-bond acceptors (Lipinski definition) is 1. The summed E-state index contributed by atoms with van der Waals surface area (Å²) in [5.74, 6) is 0. The predicted molar refractivity (Wildman–Crippen MR) is 370 cm³/mol. The second kappa shape index (κ2) is 27.4. The lowest BCUT2D eigenvalue weighted by Crippen LogP contribution is -2.14. The molecule has 1 heteroatoms. The van der Waals surface area contributed by atoms with Gasteiger partial charge in [0.1, 0.15) is 0 Å². The third-order valence-corrected chi connectivity index (χ3v) is 18.0. The SMILES string of the molecule is Cc1c(C(C)(C)C)cc2ccccc2c1C.Cc1cc(C)c(C)c(C(C)(C)C)c1.Cc1cc(C)c(C)c(C(C)(C)C)c1.Cc1cc2ccccc2c(C(C)(C)C)c1C.Cc1cccc(C(C)(C)C)c1C.Cc1csc(C(C)(C)C)c1C. The number of hydrogen-bond donors (Lipinski definition) is 0. The number of fused-ring (bicyclic) bond motifs is 2.